The van der Waals surface area contributed by atoms with Crippen LogP contribution in [0.3, 0.4) is 0 Å². The fraction of sp³-hybridized carbons (Fsp3) is 0.316. The van der Waals surface area contributed by atoms with Gasteiger partial charge in [0.25, 0.3) is 0 Å². The average Bonchev–Trinajstić information content (AvgIpc) is 2.56. The lowest BCUT2D eigenvalue weighted by molar-refractivity contribution is -0.117. The molecule has 0 saturated carbocycles. The number of benzene rings is 2. The molecule has 0 aliphatic heterocycles. The Kier molecular flexibility index (Phi) is 6.78. The Morgan fingerprint density at radius 1 is 1.17 bits per heavy atom. The third kappa shape index (κ3) is 6.40. The highest BCUT2D eigenvalue weighted by Crippen LogP contribution is 2.09. The van der Waals surface area contributed by atoms with Gasteiger partial charge < -0.3 is 15.2 Å². The van der Waals surface area contributed by atoms with Crippen LogP contribution in [0.5, 0.6) is 5.75 Å². The van der Waals surface area contributed by atoms with E-state index in [-0.39, 0.29) is 19.1 Å². The molecule has 0 radical (unpaired) electrons. The number of aryl methyl sites for hydroxylation is 1. The molecule has 0 fully saturated rings. The number of aliphatic hydroxyl groups excluding tert-OH is 1. The predicted octanol–water partition coefficient (Wildman–Crippen LogP) is 2.31. The molecule has 1 unspecified atom stereocenters. The number of nitrogens with zero attached hydrogens (tertiary/aromatic N) is 1. The van der Waals surface area contributed by atoms with E-state index in [1.807, 2.05) is 61.5 Å². The summed E-state index contributed by atoms with van der Waals surface area (Å²) in [5, 5.41) is 12.9. The SMILES string of the molecule is Cc1ccc(NC(=O)CN(C)CC(O)COc2ccccc2)cc1. The van der Waals surface area contributed by atoms with Gasteiger partial charge in [-0.1, -0.05) is 35.9 Å². The van der Waals surface area contributed by atoms with Crippen LogP contribution in [0.2, 0.25) is 0 Å². The van der Waals surface area contributed by atoms with Crippen molar-refractivity contribution in [2.45, 2.75) is 13.0 Å². The number of carbonyl (C=O) groups excluding carboxylic acids is 1. The summed E-state index contributed by atoms with van der Waals surface area (Å²) in [6.45, 7) is 2.75. The largest absolute Gasteiger partial charge is 0.491 e. The van der Waals surface area contributed by atoms with Crippen molar-refractivity contribution in [2.24, 2.45) is 0 Å². The molecule has 1 atom stereocenters. The van der Waals surface area contributed by atoms with Crippen LogP contribution in [0, 0.1) is 6.92 Å². The minimum absolute atomic E-state index is 0.113. The van der Waals surface area contributed by atoms with Gasteiger partial charge in [0, 0.05) is 12.2 Å². The van der Waals surface area contributed by atoms with Gasteiger partial charge in [0.15, 0.2) is 0 Å². The molecular weight excluding hydrogens is 304 g/mol. The molecule has 0 heterocycles. The summed E-state index contributed by atoms with van der Waals surface area (Å²) in [7, 11) is 1.79. The smallest absolute Gasteiger partial charge is 0.238 e. The van der Waals surface area contributed by atoms with Gasteiger partial charge in [-0.3, -0.25) is 9.69 Å². The number of anilines is 1. The minimum atomic E-state index is -0.664. The van der Waals surface area contributed by atoms with Crippen molar-refractivity contribution in [1.29, 1.82) is 0 Å². The zero-order chi connectivity index (χ0) is 17.4. The van der Waals surface area contributed by atoms with Crippen molar-refractivity contribution in [2.75, 3.05) is 32.1 Å². The fourth-order valence-corrected chi connectivity index (χ4v) is 2.27. The zero-order valence-electron chi connectivity index (χ0n) is 14.1. The summed E-state index contributed by atoms with van der Waals surface area (Å²) >= 11 is 0. The zero-order valence-corrected chi connectivity index (χ0v) is 14.1. The van der Waals surface area contributed by atoms with Gasteiger partial charge in [0.1, 0.15) is 18.5 Å². The van der Waals surface area contributed by atoms with Gasteiger partial charge in [-0.2, -0.15) is 0 Å². The molecule has 1 amide bonds. The van der Waals surface area contributed by atoms with Crippen LogP contribution in [-0.4, -0.2) is 48.8 Å². The molecule has 2 aromatic rings. The second kappa shape index (κ2) is 9.05. The maximum atomic E-state index is 12.0. The van der Waals surface area contributed by atoms with Crippen molar-refractivity contribution in [3.05, 3.63) is 60.2 Å². The average molecular weight is 328 g/mol. The van der Waals surface area contributed by atoms with E-state index in [0.717, 1.165) is 17.0 Å². The highest BCUT2D eigenvalue weighted by molar-refractivity contribution is 5.92. The van der Waals surface area contributed by atoms with Gasteiger partial charge >= 0.3 is 0 Å². The van der Waals surface area contributed by atoms with Crippen molar-refractivity contribution < 1.29 is 14.6 Å². The van der Waals surface area contributed by atoms with Crippen LogP contribution in [0.1, 0.15) is 5.56 Å². The summed E-state index contributed by atoms with van der Waals surface area (Å²) in [6.07, 6.45) is -0.664. The first kappa shape index (κ1) is 18.0. The molecule has 0 aliphatic rings. The number of carbonyl (C=O) groups is 1. The van der Waals surface area contributed by atoms with Crippen molar-refractivity contribution >= 4 is 11.6 Å². The second-order valence-corrected chi connectivity index (χ2v) is 5.89. The maximum Gasteiger partial charge on any atom is 0.238 e. The summed E-state index contributed by atoms with van der Waals surface area (Å²) < 4.78 is 5.50. The number of amides is 1. The second-order valence-electron chi connectivity index (χ2n) is 5.89. The van der Waals surface area contributed by atoms with Gasteiger partial charge in [0.2, 0.25) is 5.91 Å². The fourth-order valence-electron chi connectivity index (χ4n) is 2.27. The molecule has 2 aromatic carbocycles. The summed E-state index contributed by atoms with van der Waals surface area (Å²) in [4.78, 5) is 13.8. The van der Waals surface area contributed by atoms with Gasteiger partial charge in [-0.05, 0) is 38.2 Å². The number of hydrogen-bond donors (Lipinski definition) is 2. The molecule has 128 valence electrons. The molecule has 0 saturated heterocycles. The highest BCUT2D eigenvalue weighted by atomic mass is 16.5. The lowest BCUT2D eigenvalue weighted by atomic mass is 10.2. The summed E-state index contributed by atoms with van der Waals surface area (Å²) in [5.41, 5.74) is 1.92. The van der Waals surface area contributed by atoms with E-state index in [0.29, 0.717) is 6.54 Å². The van der Waals surface area contributed by atoms with Crippen LogP contribution in [-0.2, 0) is 4.79 Å². The summed E-state index contributed by atoms with van der Waals surface area (Å²) in [6, 6.07) is 17.0. The van der Waals surface area contributed by atoms with Crippen LogP contribution in [0.4, 0.5) is 5.69 Å². The van der Waals surface area contributed by atoms with E-state index < -0.39 is 6.10 Å². The normalized spacial score (nSPS) is 12.0. The first-order valence-corrected chi connectivity index (χ1v) is 7.94. The first-order valence-electron chi connectivity index (χ1n) is 7.94. The van der Waals surface area contributed by atoms with Gasteiger partial charge in [-0.15, -0.1) is 0 Å². The van der Waals surface area contributed by atoms with Crippen molar-refractivity contribution in [1.82, 2.24) is 4.90 Å². The number of para-hydroxylation sites is 1. The summed E-state index contributed by atoms with van der Waals surface area (Å²) in [5.74, 6) is 0.605. The Balaban J connectivity index is 1.70. The monoisotopic (exact) mass is 328 g/mol. The van der Waals surface area contributed by atoms with Crippen LogP contribution < -0.4 is 10.1 Å². The van der Waals surface area contributed by atoms with Crippen LogP contribution >= 0.6 is 0 Å². The predicted molar refractivity (Wildman–Crippen MR) is 95.2 cm³/mol. The topological polar surface area (TPSA) is 61.8 Å². The number of nitrogens with one attached hydrogen (secondary N) is 1. The molecule has 0 bridgehead atoms. The number of rotatable bonds is 8. The van der Waals surface area contributed by atoms with E-state index in [9.17, 15) is 9.90 Å². The minimum Gasteiger partial charge on any atom is -0.491 e. The molecule has 0 aromatic heterocycles. The molecule has 0 spiro atoms. The van der Waals surface area contributed by atoms with E-state index in [1.54, 1.807) is 11.9 Å². The Morgan fingerprint density at radius 2 is 1.83 bits per heavy atom. The lowest BCUT2D eigenvalue weighted by Crippen LogP contribution is -2.37. The quantitative estimate of drug-likeness (QED) is 0.781. The Hall–Kier alpha value is -2.37. The Morgan fingerprint density at radius 3 is 2.50 bits per heavy atom. The Labute approximate surface area is 142 Å². The van der Waals surface area contributed by atoms with E-state index in [4.69, 9.17) is 4.74 Å². The van der Waals surface area contributed by atoms with Crippen molar-refractivity contribution in [3.8, 4) is 5.75 Å². The third-order valence-electron chi connectivity index (χ3n) is 3.46. The van der Waals surface area contributed by atoms with Crippen molar-refractivity contribution in [3.63, 3.8) is 0 Å². The molecule has 5 heteroatoms. The highest BCUT2D eigenvalue weighted by Gasteiger charge is 2.12. The lowest BCUT2D eigenvalue weighted by Gasteiger charge is -2.20. The number of ether oxygens (including phenoxy) is 1. The number of likely N-dealkylation sites (N-methyl/N-ethyl adjacent to an activating group) is 1. The van der Waals surface area contributed by atoms with E-state index in [2.05, 4.69) is 5.32 Å². The van der Waals surface area contributed by atoms with Gasteiger partial charge in [0.05, 0.1) is 6.54 Å². The van der Waals surface area contributed by atoms with Crippen LogP contribution in [0.15, 0.2) is 54.6 Å². The van der Waals surface area contributed by atoms with E-state index in [1.165, 1.54) is 0 Å². The number of aliphatic hydroxyl groups is 1. The van der Waals surface area contributed by atoms with Crippen LogP contribution in [0.25, 0.3) is 0 Å². The molecule has 5 nitrogen and oxygen atoms in total. The molecular formula is C19H24N2O3. The van der Waals surface area contributed by atoms with E-state index >= 15 is 0 Å². The standard InChI is InChI=1S/C19H24N2O3/c1-15-8-10-16(11-9-15)20-19(23)13-21(2)12-17(22)14-24-18-6-4-3-5-7-18/h3-11,17,22H,12-14H2,1-2H3,(H,20,23). The molecule has 0 aliphatic carbocycles. The molecule has 2 rings (SSSR count). The Bertz CT molecular complexity index is 629. The van der Waals surface area contributed by atoms with Gasteiger partial charge in [-0.25, -0.2) is 0 Å². The number of hydrogen-bond acceptors (Lipinski definition) is 4. The maximum absolute atomic E-state index is 12.0. The molecule has 24 heavy (non-hydrogen) atoms. The molecule has 2 N–H and O–H groups in total. The third-order valence-corrected chi connectivity index (χ3v) is 3.46. The first-order chi connectivity index (χ1) is 11.5.